The van der Waals surface area contributed by atoms with Crippen LogP contribution in [0.2, 0.25) is 5.02 Å². The third-order valence-electron chi connectivity index (χ3n) is 6.15. The lowest BCUT2D eigenvalue weighted by atomic mass is 10.1. The van der Waals surface area contributed by atoms with Crippen molar-refractivity contribution in [1.82, 2.24) is 24.6 Å². The van der Waals surface area contributed by atoms with Crippen LogP contribution in [0.5, 0.6) is 0 Å². The van der Waals surface area contributed by atoms with E-state index in [4.69, 9.17) is 16.7 Å². The van der Waals surface area contributed by atoms with E-state index < -0.39 is 0 Å². The van der Waals surface area contributed by atoms with E-state index in [-0.39, 0.29) is 17.9 Å². The molecule has 0 radical (unpaired) electrons. The second-order valence-electron chi connectivity index (χ2n) is 8.48. The lowest BCUT2D eigenvalue weighted by Gasteiger charge is -2.32. The number of nitrogens with zero attached hydrogens (tertiary/aromatic N) is 5. The molecule has 9 heteroatoms. The molecule has 2 amide bonds. The van der Waals surface area contributed by atoms with Crippen molar-refractivity contribution in [3.63, 3.8) is 0 Å². The molecule has 0 unspecified atom stereocenters. The molecule has 1 aliphatic rings. The van der Waals surface area contributed by atoms with Crippen molar-refractivity contribution in [2.24, 2.45) is 0 Å². The van der Waals surface area contributed by atoms with Gasteiger partial charge in [-0.05, 0) is 50.0 Å². The van der Waals surface area contributed by atoms with Gasteiger partial charge in [-0.15, -0.1) is 0 Å². The fourth-order valence-corrected chi connectivity index (χ4v) is 4.70. The van der Waals surface area contributed by atoms with Crippen LogP contribution in [-0.2, 0) is 4.79 Å². The Morgan fingerprint density at radius 1 is 1.14 bits per heavy atom. The zero-order valence-corrected chi connectivity index (χ0v) is 20.4. The number of anilines is 1. The Hall–Kier alpha value is -4.22. The molecule has 0 spiro atoms. The number of carbonyl (C=O) groups is 2. The number of nitrogens with one attached hydrogen (secondary N) is 1. The van der Waals surface area contributed by atoms with Crippen LogP contribution in [0.1, 0.15) is 36.2 Å². The van der Waals surface area contributed by atoms with Crippen LogP contribution in [-0.4, -0.2) is 49.6 Å². The number of amides is 2. The summed E-state index contributed by atoms with van der Waals surface area (Å²) in [6, 6.07) is 12.5. The van der Waals surface area contributed by atoms with Gasteiger partial charge in [-0.3, -0.25) is 19.3 Å². The van der Waals surface area contributed by atoms with E-state index in [0.717, 1.165) is 29.3 Å². The van der Waals surface area contributed by atoms with Crippen LogP contribution in [0, 0.1) is 11.8 Å². The number of carbonyl (C=O) groups excluding carboxylic acids is 2. The number of fused-ring (bicyclic) bond motifs is 1. The van der Waals surface area contributed by atoms with Gasteiger partial charge < -0.3 is 10.2 Å². The Balaban J connectivity index is 1.46. The van der Waals surface area contributed by atoms with Crippen LogP contribution in [0.15, 0.2) is 61.1 Å². The van der Waals surface area contributed by atoms with Gasteiger partial charge in [0.15, 0.2) is 0 Å². The molecule has 1 saturated heterocycles. The van der Waals surface area contributed by atoms with Crippen molar-refractivity contribution in [3.8, 4) is 23.1 Å². The highest BCUT2D eigenvalue weighted by molar-refractivity contribution is 6.35. The van der Waals surface area contributed by atoms with Crippen molar-refractivity contribution in [2.45, 2.75) is 25.8 Å². The number of hydrogen-bond donors (Lipinski definition) is 1. The molecule has 1 aliphatic heterocycles. The molecule has 0 bridgehead atoms. The quantitative estimate of drug-likeness (QED) is 0.415. The van der Waals surface area contributed by atoms with E-state index >= 15 is 0 Å². The minimum atomic E-state index is -0.248. The van der Waals surface area contributed by atoms with E-state index in [0.29, 0.717) is 35.2 Å². The van der Waals surface area contributed by atoms with Gasteiger partial charge in [0.1, 0.15) is 11.5 Å². The van der Waals surface area contributed by atoms with Gasteiger partial charge in [-0.25, -0.2) is 4.98 Å². The monoisotopic (exact) mass is 498 g/mol. The van der Waals surface area contributed by atoms with Gasteiger partial charge >= 0.3 is 0 Å². The summed E-state index contributed by atoms with van der Waals surface area (Å²) < 4.78 is 1.91. The van der Waals surface area contributed by atoms with Gasteiger partial charge in [0.05, 0.1) is 16.6 Å². The van der Waals surface area contributed by atoms with Crippen LogP contribution in [0.4, 0.5) is 5.82 Å². The SMILES string of the molecule is CC#CC(=O)N1CCC[C@@H](n2nc(-c3ccc(C(=O)Nc4ccccn4)cc3)c3cncc(Cl)c32)C1. The smallest absolute Gasteiger partial charge is 0.298 e. The first kappa shape index (κ1) is 23.5. The number of aromatic nitrogens is 4. The number of benzene rings is 1. The van der Waals surface area contributed by atoms with E-state index in [2.05, 4.69) is 27.1 Å². The van der Waals surface area contributed by atoms with Gasteiger partial charge in [0, 0.05) is 48.2 Å². The number of likely N-dealkylation sites (tertiary alicyclic amines) is 1. The molecule has 1 aromatic carbocycles. The molecule has 8 nitrogen and oxygen atoms in total. The summed E-state index contributed by atoms with van der Waals surface area (Å²) in [5.74, 6) is 5.38. The zero-order chi connectivity index (χ0) is 25.1. The summed E-state index contributed by atoms with van der Waals surface area (Å²) in [5, 5.41) is 9.02. The number of halogens is 1. The van der Waals surface area contributed by atoms with Crippen molar-refractivity contribution >= 4 is 40.1 Å². The standard InChI is InChI=1S/C27H23ClN6O2/c1-2-6-24(35)33-14-5-7-20(17-33)34-26-21(15-29-16-22(26)28)25(32-34)18-9-11-19(12-10-18)27(36)31-23-8-3-4-13-30-23/h3-4,8-13,15-16,20H,5,7,14,17H2,1H3,(H,30,31,36)/t20-/m1/s1. The summed E-state index contributed by atoms with van der Waals surface area (Å²) in [7, 11) is 0. The number of rotatable bonds is 4. The third kappa shape index (κ3) is 4.66. The normalized spacial score (nSPS) is 15.3. The highest BCUT2D eigenvalue weighted by atomic mass is 35.5. The van der Waals surface area contributed by atoms with Crippen molar-refractivity contribution in [2.75, 3.05) is 18.4 Å². The zero-order valence-electron chi connectivity index (χ0n) is 19.6. The van der Waals surface area contributed by atoms with Crippen molar-refractivity contribution in [3.05, 3.63) is 71.6 Å². The van der Waals surface area contributed by atoms with Crippen LogP contribution in [0.25, 0.3) is 22.2 Å². The fraction of sp³-hybridized carbons (Fsp3) is 0.222. The average molecular weight is 499 g/mol. The molecule has 0 saturated carbocycles. The van der Waals surface area contributed by atoms with Gasteiger partial charge in [-0.2, -0.15) is 5.10 Å². The highest BCUT2D eigenvalue weighted by Crippen LogP contribution is 2.35. The Bertz CT molecular complexity index is 1490. The molecule has 5 rings (SSSR count). The fourth-order valence-electron chi connectivity index (χ4n) is 4.45. The third-order valence-corrected chi connectivity index (χ3v) is 6.43. The van der Waals surface area contributed by atoms with Crippen LogP contribution in [0.3, 0.4) is 0 Å². The highest BCUT2D eigenvalue weighted by Gasteiger charge is 2.28. The average Bonchev–Trinajstić information content (AvgIpc) is 3.31. The molecule has 0 aliphatic carbocycles. The van der Waals surface area contributed by atoms with Crippen molar-refractivity contribution < 1.29 is 9.59 Å². The molecular weight excluding hydrogens is 476 g/mol. The Labute approximate surface area is 213 Å². The molecule has 1 fully saturated rings. The van der Waals surface area contributed by atoms with E-state index in [1.165, 1.54) is 0 Å². The minimum absolute atomic E-state index is 0.0408. The maximum Gasteiger partial charge on any atom is 0.298 e. The molecule has 36 heavy (non-hydrogen) atoms. The molecule has 4 aromatic rings. The summed E-state index contributed by atoms with van der Waals surface area (Å²) in [6.07, 6.45) is 6.69. The summed E-state index contributed by atoms with van der Waals surface area (Å²) in [5.41, 5.74) is 2.83. The summed E-state index contributed by atoms with van der Waals surface area (Å²) >= 11 is 6.59. The number of piperidine rings is 1. The summed E-state index contributed by atoms with van der Waals surface area (Å²) in [4.78, 5) is 35.2. The predicted molar refractivity (Wildman–Crippen MR) is 138 cm³/mol. The minimum Gasteiger partial charge on any atom is -0.330 e. The predicted octanol–water partition coefficient (Wildman–Crippen LogP) is 4.59. The molecule has 4 heterocycles. The number of pyridine rings is 2. The second-order valence-corrected chi connectivity index (χ2v) is 8.89. The first-order chi connectivity index (χ1) is 17.5. The largest absolute Gasteiger partial charge is 0.330 e. The first-order valence-electron chi connectivity index (χ1n) is 11.6. The van der Waals surface area contributed by atoms with Gasteiger partial charge in [-0.1, -0.05) is 35.7 Å². The van der Waals surface area contributed by atoms with Crippen LogP contribution >= 0.6 is 11.6 Å². The van der Waals surface area contributed by atoms with Gasteiger partial charge in [0.25, 0.3) is 11.8 Å². The van der Waals surface area contributed by atoms with Gasteiger partial charge in [0.2, 0.25) is 0 Å². The molecule has 1 atom stereocenters. The molecule has 1 N–H and O–H groups in total. The maximum atomic E-state index is 12.6. The Morgan fingerprint density at radius 3 is 2.72 bits per heavy atom. The second kappa shape index (κ2) is 10.2. The molecule has 3 aromatic heterocycles. The van der Waals surface area contributed by atoms with Crippen molar-refractivity contribution in [1.29, 1.82) is 0 Å². The maximum absolute atomic E-state index is 12.6. The van der Waals surface area contributed by atoms with Crippen LogP contribution < -0.4 is 5.32 Å². The number of hydrogen-bond acceptors (Lipinski definition) is 5. The first-order valence-corrected chi connectivity index (χ1v) is 12.0. The Kier molecular flexibility index (Phi) is 6.65. The lowest BCUT2D eigenvalue weighted by molar-refractivity contribution is -0.126. The van der Waals surface area contributed by atoms with E-state index in [9.17, 15) is 9.59 Å². The lowest BCUT2D eigenvalue weighted by Crippen LogP contribution is -2.40. The molecule has 180 valence electrons. The van der Waals surface area contributed by atoms with E-state index in [1.54, 1.807) is 54.7 Å². The topological polar surface area (TPSA) is 93.0 Å². The summed E-state index contributed by atoms with van der Waals surface area (Å²) in [6.45, 7) is 2.84. The van der Waals surface area contributed by atoms with E-state index in [1.807, 2.05) is 22.9 Å². The molecular formula is C27H23ClN6O2. The Morgan fingerprint density at radius 2 is 1.97 bits per heavy atom.